The average Bonchev–Trinajstić information content (AvgIpc) is 2.74. The fourth-order valence-electron chi connectivity index (χ4n) is 1.60. The molecule has 0 saturated heterocycles. The molecular formula is C12H10N4OS. The van der Waals surface area contributed by atoms with Crippen LogP contribution in [0.2, 0.25) is 0 Å². The highest BCUT2D eigenvalue weighted by Crippen LogP contribution is 2.31. The normalized spacial score (nSPS) is 10.9. The van der Waals surface area contributed by atoms with E-state index in [-0.39, 0.29) is 5.95 Å². The van der Waals surface area contributed by atoms with E-state index in [2.05, 4.69) is 15.0 Å². The van der Waals surface area contributed by atoms with Crippen molar-refractivity contribution in [2.75, 3.05) is 5.73 Å². The minimum atomic E-state index is 0.250. The van der Waals surface area contributed by atoms with Crippen LogP contribution >= 0.6 is 11.8 Å². The van der Waals surface area contributed by atoms with Crippen molar-refractivity contribution in [1.29, 1.82) is 0 Å². The van der Waals surface area contributed by atoms with Crippen LogP contribution in [0.5, 0.6) is 0 Å². The van der Waals surface area contributed by atoms with Crippen molar-refractivity contribution in [2.45, 2.75) is 17.2 Å². The van der Waals surface area contributed by atoms with Gasteiger partial charge in [-0.2, -0.15) is 0 Å². The highest BCUT2D eigenvalue weighted by atomic mass is 32.2. The Bertz CT molecular complexity index is 710. The summed E-state index contributed by atoms with van der Waals surface area (Å²) in [6.45, 7) is 1.88. The number of anilines is 1. The van der Waals surface area contributed by atoms with Gasteiger partial charge in [-0.15, -0.1) is 0 Å². The van der Waals surface area contributed by atoms with Crippen LogP contribution in [-0.2, 0) is 0 Å². The van der Waals surface area contributed by atoms with Crippen molar-refractivity contribution < 1.29 is 4.42 Å². The van der Waals surface area contributed by atoms with Gasteiger partial charge in [-0.1, -0.05) is 18.2 Å². The quantitative estimate of drug-likeness (QED) is 0.712. The molecule has 6 heteroatoms. The average molecular weight is 258 g/mol. The van der Waals surface area contributed by atoms with Gasteiger partial charge in [0.1, 0.15) is 11.3 Å². The third-order valence-corrected chi connectivity index (χ3v) is 3.23. The van der Waals surface area contributed by atoms with Crippen LogP contribution < -0.4 is 5.73 Å². The van der Waals surface area contributed by atoms with E-state index in [9.17, 15) is 0 Å². The highest BCUT2D eigenvalue weighted by molar-refractivity contribution is 7.99. The van der Waals surface area contributed by atoms with Crippen molar-refractivity contribution in [3.63, 3.8) is 0 Å². The Hall–Kier alpha value is -2.08. The molecule has 18 heavy (non-hydrogen) atoms. The third kappa shape index (κ3) is 2.02. The molecule has 2 aromatic heterocycles. The van der Waals surface area contributed by atoms with Gasteiger partial charge in [0.05, 0.1) is 11.2 Å². The molecule has 0 atom stereocenters. The lowest BCUT2D eigenvalue weighted by Gasteiger charge is -2.03. The molecule has 0 bridgehead atoms. The van der Waals surface area contributed by atoms with Crippen LogP contribution in [-0.4, -0.2) is 15.0 Å². The van der Waals surface area contributed by atoms with Gasteiger partial charge in [0, 0.05) is 5.39 Å². The smallest absolute Gasteiger partial charge is 0.262 e. The zero-order valence-corrected chi connectivity index (χ0v) is 10.4. The maximum Gasteiger partial charge on any atom is 0.262 e. The van der Waals surface area contributed by atoms with Gasteiger partial charge in [-0.25, -0.2) is 15.0 Å². The molecule has 0 spiro atoms. The summed E-state index contributed by atoms with van der Waals surface area (Å²) in [5.41, 5.74) is 7.35. The molecule has 0 radical (unpaired) electrons. The third-order valence-electron chi connectivity index (χ3n) is 2.37. The van der Waals surface area contributed by atoms with Crippen LogP contribution in [0, 0.1) is 6.92 Å². The van der Waals surface area contributed by atoms with Crippen molar-refractivity contribution >= 4 is 28.6 Å². The first-order valence-electron chi connectivity index (χ1n) is 5.34. The molecule has 0 unspecified atom stereocenters. The second-order valence-corrected chi connectivity index (χ2v) is 4.70. The molecule has 1 aromatic carbocycles. The fraction of sp³-hybridized carbons (Fsp3) is 0.0833. The van der Waals surface area contributed by atoms with E-state index in [1.54, 1.807) is 6.26 Å². The summed E-state index contributed by atoms with van der Waals surface area (Å²) in [6, 6.07) is 7.70. The predicted molar refractivity (Wildman–Crippen MR) is 69.3 cm³/mol. The van der Waals surface area contributed by atoms with Gasteiger partial charge in [-0.3, -0.25) is 0 Å². The molecule has 3 aromatic rings. The summed E-state index contributed by atoms with van der Waals surface area (Å²) >= 11 is 1.34. The van der Waals surface area contributed by atoms with Crippen molar-refractivity contribution in [3.05, 3.63) is 36.2 Å². The number of hydrogen-bond donors (Lipinski definition) is 1. The number of fused-ring (bicyclic) bond motifs is 1. The zero-order chi connectivity index (χ0) is 12.5. The predicted octanol–water partition coefficient (Wildman–Crippen LogP) is 2.66. The Morgan fingerprint density at radius 2 is 2.00 bits per heavy atom. The SMILES string of the molecule is Cc1coc(Sc2nc(N)nc3ccccc23)n1. The monoisotopic (exact) mass is 258 g/mol. The van der Waals surface area contributed by atoms with E-state index in [1.165, 1.54) is 11.8 Å². The zero-order valence-electron chi connectivity index (χ0n) is 9.62. The standard InChI is InChI=1S/C12H10N4OS/c1-7-6-17-12(14-7)18-10-8-4-2-3-5-9(8)15-11(13)16-10/h2-6H,1H3,(H2,13,15,16). The number of nitrogens with two attached hydrogens (primary N) is 1. The first-order chi connectivity index (χ1) is 8.72. The number of hydrogen-bond acceptors (Lipinski definition) is 6. The molecule has 0 fully saturated rings. The summed E-state index contributed by atoms with van der Waals surface area (Å²) in [7, 11) is 0. The Labute approximate surface area is 107 Å². The van der Waals surface area contributed by atoms with Crippen LogP contribution in [0.4, 0.5) is 5.95 Å². The second-order valence-electron chi connectivity index (χ2n) is 3.76. The van der Waals surface area contributed by atoms with E-state index < -0.39 is 0 Å². The van der Waals surface area contributed by atoms with Gasteiger partial charge >= 0.3 is 0 Å². The van der Waals surface area contributed by atoms with Crippen molar-refractivity contribution in [2.24, 2.45) is 0 Å². The molecular weight excluding hydrogens is 248 g/mol. The lowest BCUT2D eigenvalue weighted by molar-refractivity contribution is 0.454. The number of aromatic nitrogens is 3. The van der Waals surface area contributed by atoms with Gasteiger partial charge < -0.3 is 10.2 Å². The molecule has 0 aliphatic carbocycles. The Morgan fingerprint density at radius 1 is 1.17 bits per heavy atom. The number of benzene rings is 1. The van der Waals surface area contributed by atoms with Crippen LogP contribution in [0.1, 0.15) is 5.69 Å². The van der Waals surface area contributed by atoms with Crippen LogP contribution in [0.25, 0.3) is 10.9 Å². The number of para-hydroxylation sites is 1. The van der Waals surface area contributed by atoms with Gasteiger partial charge in [0.25, 0.3) is 5.22 Å². The minimum Gasteiger partial charge on any atom is -0.439 e. The molecule has 2 heterocycles. The number of rotatable bonds is 2. The molecule has 3 rings (SSSR count). The van der Waals surface area contributed by atoms with Gasteiger partial charge in [0.15, 0.2) is 0 Å². The van der Waals surface area contributed by atoms with E-state index in [0.29, 0.717) is 5.22 Å². The van der Waals surface area contributed by atoms with Crippen LogP contribution in [0.15, 0.2) is 45.2 Å². The Balaban J connectivity index is 2.10. The number of oxazole rings is 1. The Kier molecular flexibility index (Phi) is 2.64. The van der Waals surface area contributed by atoms with E-state index in [0.717, 1.165) is 21.6 Å². The summed E-state index contributed by atoms with van der Waals surface area (Å²) in [6.07, 6.45) is 1.61. The summed E-state index contributed by atoms with van der Waals surface area (Å²) in [5.74, 6) is 0.250. The highest BCUT2D eigenvalue weighted by Gasteiger charge is 2.10. The Morgan fingerprint density at radius 3 is 2.78 bits per heavy atom. The summed E-state index contributed by atoms with van der Waals surface area (Å²) in [4.78, 5) is 12.7. The number of nitrogen functional groups attached to an aromatic ring is 1. The molecule has 2 N–H and O–H groups in total. The largest absolute Gasteiger partial charge is 0.439 e. The molecule has 0 amide bonds. The number of aryl methyl sites for hydroxylation is 1. The molecule has 5 nitrogen and oxygen atoms in total. The molecule has 0 aliphatic rings. The van der Waals surface area contributed by atoms with Crippen molar-refractivity contribution in [1.82, 2.24) is 15.0 Å². The lowest BCUT2D eigenvalue weighted by atomic mass is 10.2. The molecule has 0 saturated carbocycles. The summed E-state index contributed by atoms with van der Waals surface area (Å²) in [5, 5.41) is 2.24. The van der Waals surface area contributed by atoms with Crippen molar-refractivity contribution in [3.8, 4) is 0 Å². The maximum absolute atomic E-state index is 5.70. The first-order valence-corrected chi connectivity index (χ1v) is 6.16. The maximum atomic E-state index is 5.70. The topological polar surface area (TPSA) is 77.8 Å². The first kappa shape index (κ1) is 11.0. The minimum absolute atomic E-state index is 0.250. The van der Waals surface area contributed by atoms with Crippen LogP contribution in [0.3, 0.4) is 0 Å². The lowest BCUT2D eigenvalue weighted by Crippen LogP contribution is -1.97. The molecule has 0 aliphatic heterocycles. The van der Waals surface area contributed by atoms with E-state index in [4.69, 9.17) is 10.2 Å². The van der Waals surface area contributed by atoms with Gasteiger partial charge in [-0.05, 0) is 24.8 Å². The number of nitrogens with zero attached hydrogens (tertiary/aromatic N) is 3. The van der Waals surface area contributed by atoms with E-state index in [1.807, 2.05) is 31.2 Å². The summed E-state index contributed by atoms with van der Waals surface area (Å²) < 4.78 is 5.31. The fourth-order valence-corrected chi connectivity index (χ4v) is 2.48. The second kappa shape index (κ2) is 4.30. The van der Waals surface area contributed by atoms with Gasteiger partial charge in [0.2, 0.25) is 5.95 Å². The van der Waals surface area contributed by atoms with E-state index >= 15 is 0 Å². The molecule has 90 valence electrons.